The molecule has 5 aliphatic rings. The van der Waals surface area contributed by atoms with Gasteiger partial charge in [-0.05, 0) is 77.0 Å². The fourth-order valence-corrected chi connectivity index (χ4v) is 4.85. The molecule has 6 nitrogen and oxygen atoms in total. The molecule has 0 aromatic heterocycles. The lowest BCUT2D eigenvalue weighted by Crippen LogP contribution is -2.27. The standard InChI is InChI=1S/C8H16.2C7H14O.2C6H12O2.2CH4.H2/c1-7-3-5-8(2)6-4-7;2*1-6-3-4-7(2)8-5-6;2*1-5-3-7-6(2)8-4-5;;;/h7-8H,3-6H2,1-2H3;2*6-7H,3-5H2,1-2H3;2*5-6H,3-4H2,1-2H3;2*1H4;1H. The average molecular weight is 607 g/mol. The third-order valence-corrected chi connectivity index (χ3v) is 8.23. The lowest BCUT2D eigenvalue weighted by molar-refractivity contribution is -0.187. The molecule has 0 bridgehead atoms. The van der Waals surface area contributed by atoms with Crippen molar-refractivity contribution < 1.29 is 29.8 Å². The second kappa shape index (κ2) is 26.0. The molecule has 0 aromatic rings. The maximum atomic E-state index is 5.39. The summed E-state index contributed by atoms with van der Waals surface area (Å²) in [6.07, 6.45) is 12.2. The summed E-state index contributed by atoms with van der Waals surface area (Å²) in [6.45, 7) is 26.9. The smallest absolute Gasteiger partial charge is 0.154 e. The molecule has 4 aliphatic heterocycles. The van der Waals surface area contributed by atoms with Crippen LogP contribution in [0.1, 0.15) is 137 Å². The molecule has 5 rings (SSSR count). The highest BCUT2D eigenvalue weighted by molar-refractivity contribution is 4.66. The highest BCUT2D eigenvalue weighted by Gasteiger charge is 2.16. The Bertz CT molecular complexity index is 390. The van der Waals surface area contributed by atoms with Crippen molar-refractivity contribution in [1.29, 1.82) is 0 Å². The van der Waals surface area contributed by atoms with Crippen molar-refractivity contribution >= 4 is 0 Å². The predicted octanol–water partition coefficient (Wildman–Crippen LogP) is 10.0. The van der Waals surface area contributed by atoms with Crippen LogP contribution in [0.25, 0.3) is 0 Å². The quantitative estimate of drug-likeness (QED) is 0.273. The molecule has 258 valence electrons. The minimum absolute atomic E-state index is 0. The number of ether oxygens (including phenoxy) is 6. The predicted molar refractivity (Wildman–Crippen MR) is 181 cm³/mol. The Labute approximate surface area is 265 Å². The molecule has 1 aliphatic carbocycles. The van der Waals surface area contributed by atoms with Crippen LogP contribution in [-0.4, -0.2) is 64.4 Å². The monoisotopic (exact) mass is 607 g/mol. The van der Waals surface area contributed by atoms with Crippen LogP contribution in [0, 0.1) is 35.5 Å². The van der Waals surface area contributed by atoms with Gasteiger partial charge in [0.2, 0.25) is 0 Å². The summed E-state index contributed by atoms with van der Waals surface area (Å²) in [4.78, 5) is 0. The van der Waals surface area contributed by atoms with Crippen molar-refractivity contribution in [2.45, 2.75) is 160 Å². The first-order valence-corrected chi connectivity index (χ1v) is 16.6. The van der Waals surface area contributed by atoms with Gasteiger partial charge in [-0.1, -0.05) is 82.1 Å². The fraction of sp³-hybridized carbons (Fsp3) is 1.00. The van der Waals surface area contributed by atoms with Crippen molar-refractivity contribution in [3.05, 3.63) is 0 Å². The third-order valence-electron chi connectivity index (χ3n) is 8.23. The van der Waals surface area contributed by atoms with Gasteiger partial charge in [0.05, 0.1) is 38.6 Å². The number of rotatable bonds is 0. The van der Waals surface area contributed by atoms with Crippen LogP contribution in [0.2, 0.25) is 0 Å². The van der Waals surface area contributed by atoms with Gasteiger partial charge in [-0.2, -0.15) is 0 Å². The van der Waals surface area contributed by atoms with Crippen LogP contribution >= 0.6 is 0 Å². The van der Waals surface area contributed by atoms with Crippen LogP contribution in [-0.2, 0) is 28.4 Å². The van der Waals surface area contributed by atoms with Crippen molar-refractivity contribution in [3.8, 4) is 0 Å². The number of hydrogen-bond donors (Lipinski definition) is 0. The summed E-state index contributed by atoms with van der Waals surface area (Å²) in [6, 6.07) is 0. The van der Waals surface area contributed by atoms with Crippen LogP contribution in [0.3, 0.4) is 0 Å². The fourth-order valence-electron chi connectivity index (χ4n) is 4.85. The lowest BCUT2D eigenvalue weighted by atomic mass is 9.84. The van der Waals surface area contributed by atoms with Crippen LogP contribution < -0.4 is 0 Å². The van der Waals surface area contributed by atoms with E-state index in [0.29, 0.717) is 24.0 Å². The largest absolute Gasteiger partial charge is 0.378 e. The topological polar surface area (TPSA) is 55.4 Å². The Hall–Kier alpha value is -0.240. The van der Waals surface area contributed by atoms with E-state index in [1.165, 1.54) is 51.4 Å². The summed E-state index contributed by atoms with van der Waals surface area (Å²) < 4.78 is 31.5. The molecule has 4 heterocycles. The van der Waals surface area contributed by atoms with Gasteiger partial charge in [0.1, 0.15) is 0 Å². The van der Waals surface area contributed by atoms with E-state index in [4.69, 9.17) is 28.4 Å². The molecule has 0 aromatic carbocycles. The summed E-state index contributed by atoms with van der Waals surface area (Å²) in [5.74, 6) is 4.78. The van der Waals surface area contributed by atoms with Gasteiger partial charge in [-0.15, -0.1) is 0 Å². The SMILES string of the molecule is C.C.CC1CCC(C)CC1.CC1CCC(C)OC1.CC1CCC(C)OC1.CC1COC(C)OC1.CC1COC(C)OC1.[HH]. The zero-order valence-electron chi connectivity index (χ0n) is 28.1. The zero-order valence-corrected chi connectivity index (χ0v) is 28.1. The highest BCUT2D eigenvalue weighted by Crippen LogP contribution is 2.27. The number of hydrogen-bond acceptors (Lipinski definition) is 6. The van der Waals surface area contributed by atoms with Crippen LogP contribution in [0.15, 0.2) is 0 Å². The van der Waals surface area contributed by atoms with E-state index in [1.54, 1.807) is 0 Å². The molecule has 0 radical (unpaired) electrons. The zero-order chi connectivity index (χ0) is 29.9. The molecule has 0 N–H and O–H groups in total. The minimum Gasteiger partial charge on any atom is -0.378 e. The van der Waals surface area contributed by atoms with Crippen molar-refractivity contribution in [2.75, 3.05) is 39.6 Å². The molecular formula is C36H78O6. The first-order chi connectivity index (χ1) is 18.9. The molecule has 6 heteroatoms. The molecule has 5 fully saturated rings. The summed E-state index contributed by atoms with van der Waals surface area (Å²) >= 11 is 0. The van der Waals surface area contributed by atoms with Crippen molar-refractivity contribution in [1.82, 2.24) is 0 Å². The Morgan fingerprint density at radius 2 is 0.548 bits per heavy atom. The summed E-state index contributed by atoms with van der Waals surface area (Å²) in [7, 11) is 0. The summed E-state index contributed by atoms with van der Waals surface area (Å²) in [5, 5.41) is 0. The lowest BCUT2D eigenvalue weighted by Gasteiger charge is -2.24. The maximum Gasteiger partial charge on any atom is 0.154 e. The van der Waals surface area contributed by atoms with E-state index in [0.717, 1.165) is 63.3 Å². The molecule has 4 atom stereocenters. The van der Waals surface area contributed by atoms with Gasteiger partial charge < -0.3 is 28.4 Å². The first kappa shape index (κ1) is 43.9. The Kier molecular flexibility index (Phi) is 27.2. The molecule has 42 heavy (non-hydrogen) atoms. The van der Waals surface area contributed by atoms with Gasteiger partial charge in [0.15, 0.2) is 12.6 Å². The normalized spacial score (nSPS) is 37.9. The van der Waals surface area contributed by atoms with E-state index in [2.05, 4.69) is 55.4 Å². The second-order valence-electron chi connectivity index (χ2n) is 13.7. The second-order valence-corrected chi connectivity index (χ2v) is 13.7. The van der Waals surface area contributed by atoms with E-state index in [-0.39, 0.29) is 28.9 Å². The van der Waals surface area contributed by atoms with Gasteiger partial charge in [-0.25, -0.2) is 0 Å². The average Bonchev–Trinajstić information content (AvgIpc) is 2.94. The Balaban J connectivity index is -0.000000457. The third kappa shape index (κ3) is 24.1. The van der Waals surface area contributed by atoms with Crippen molar-refractivity contribution in [3.63, 3.8) is 0 Å². The molecule has 1 saturated carbocycles. The van der Waals surface area contributed by atoms with E-state index < -0.39 is 0 Å². The van der Waals surface area contributed by atoms with E-state index in [9.17, 15) is 0 Å². The van der Waals surface area contributed by atoms with Gasteiger partial charge in [0, 0.05) is 26.5 Å². The first-order valence-electron chi connectivity index (χ1n) is 16.6. The van der Waals surface area contributed by atoms with Gasteiger partial charge in [-0.3, -0.25) is 0 Å². The van der Waals surface area contributed by atoms with E-state index >= 15 is 0 Å². The van der Waals surface area contributed by atoms with Crippen molar-refractivity contribution in [2.24, 2.45) is 35.5 Å². The summed E-state index contributed by atoms with van der Waals surface area (Å²) in [5.41, 5.74) is 0. The van der Waals surface area contributed by atoms with E-state index in [1.807, 2.05) is 13.8 Å². The van der Waals surface area contributed by atoms with Gasteiger partial charge in [0.25, 0.3) is 0 Å². The molecule has 4 saturated heterocycles. The van der Waals surface area contributed by atoms with Crippen LogP contribution in [0.5, 0.6) is 0 Å². The maximum absolute atomic E-state index is 5.39. The minimum atomic E-state index is 0. The Morgan fingerprint density at radius 1 is 0.310 bits per heavy atom. The highest BCUT2D eigenvalue weighted by atomic mass is 16.7. The van der Waals surface area contributed by atoms with Crippen LogP contribution in [0.4, 0.5) is 0 Å². The molecular weight excluding hydrogens is 528 g/mol. The Morgan fingerprint density at radius 3 is 0.738 bits per heavy atom. The van der Waals surface area contributed by atoms with Gasteiger partial charge >= 0.3 is 0 Å². The molecule has 4 unspecified atom stereocenters. The molecule has 0 amide bonds. The molecule has 0 spiro atoms.